The Morgan fingerprint density at radius 2 is 1.83 bits per heavy atom. The normalized spacial score (nSPS) is 18.0. The van der Waals surface area contributed by atoms with Crippen molar-refractivity contribution in [2.45, 2.75) is 31.4 Å². The molecule has 0 spiro atoms. The van der Waals surface area contributed by atoms with Crippen molar-refractivity contribution in [2.75, 3.05) is 11.9 Å². The molecule has 2 aromatic carbocycles. The number of hydrogen-bond donors (Lipinski definition) is 1. The number of hydrogen-bond acceptors (Lipinski definition) is 4. The Morgan fingerprint density at radius 1 is 1.17 bits per heavy atom. The Balaban J connectivity index is 2.03. The molecule has 1 aliphatic heterocycles. The number of nitrogens with one attached hydrogen (secondary N) is 1. The molecule has 2 aromatic rings. The van der Waals surface area contributed by atoms with Crippen LogP contribution < -0.4 is 10.2 Å². The molecule has 0 aliphatic carbocycles. The SMILES string of the molecule is CNC(=O)/C(C#N)=C1\SC(Cc2ccccc2)C(=O)N1c1ccc(C(C)C)cc1. The van der Waals surface area contributed by atoms with E-state index in [9.17, 15) is 14.9 Å². The summed E-state index contributed by atoms with van der Waals surface area (Å²) in [4.78, 5) is 27.1. The number of rotatable bonds is 5. The van der Waals surface area contributed by atoms with E-state index in [-0.39, 0.29) is 11.5 Å². The van der Waals surface area contributed by atoms with E-state index in [1.807, 2.05) is 60.7 Å². The van der Waals surface area contributed by atoms with Gasteiger partial charge in [-0.15, -0.1) is 0 Å². The third-order valence-corrected chi connectivity index (χ3v) is 6.08. The van der Waals surface area contributed by atoms with E-state index in [1.165, 1.54) is 23.7 Å². The fourth-order valence-electron chi connectivity index (χ4n) is 3.18. The lowest BCUT2D eigenvalue weighted by molar-refractivity contribution is -0.117. The van der Waals surface area contributed by atoms with E-state index < -0.39 is 11.2 Å². The summed E-state index contributed by atoms with van der Waals surface area (Å²) in [7, 11) is 1.48. The minimum atomic E-state index is -0.494. The van der Waals surface area contributed by atoms with Crippen molar-refractivity contribution in [3.8, 4) is 6.07 Å². The van der Waals surface area contributed by atoms with Crippen molar-refractivity contribution >= 4 is 29.3 Å². The van der Waals surface area contributed by atoms with E-state index in [0.717, 1.165) is 11.1 Å². The second kappa shape index (κ2) is 8.97. The molecule has 1 aliphatic rings. The Morgan fingerprint density at radius 3 is 2.38 bits per heavy atom. The summed E-state index contributed by atoms with van der Waals surface area (Å²) in [5.41, 5.74) is 2.81. The molecule has 1 atom stereocenters. The Kier molecular flexibility index (Phi) is 6.40. The number of carbonyl (C=O) groups excluding carboxylic acids is 2. The molecule has 0 radical (unpaired) electrons. The summed E-state index contributed by atoms with van der Waals surface area (Å²) in [5.74, 6) is -0.246. The number of benzene rings is 2. The van der Waals surface area contributed by atoms with Crippen LogP contribution in [0.5, 0.6) is 0 Å². The summed E-state index contributed by atoms with van der Waals surface area (Å²) >= 11 is 1.28. The van der Waals surface area contributed by atoms with Crippen LogP contribution in [0.3, 0.4) is 0 Å². The molecule has 1 heterocycles. The topological polar surface area (TPSA) is 73.2 Å². The molecule has 1 N–H and O–H groups in total. The van der Waals surface area contributed by atoms with Crippen LogP contribution in [-0.2, 0) is 16.0 Å². The minimum Gasteiger partial charge on any atom is -0.354 e. The van der Waals surface area contributed by atoms with Gasteiger partial charge < -0.3 is 5.32 Å². The van der Waals surface area contributed by atoms with E-state index >= 15 is 0 Å². The molecule has 3 rings (SSSR count). The maximum Gasteiger partial charge on any atom is 0.264 e. The number of nitriles is 1. The Bertz CT molecular complexity index is 975. The number of carbonyl (C=O) groups is 2. The number of anilines is 1. The second-order valence-corrected chi connectivity index (χ2v) is 8.28. The van der Waals surface area contributed by atoms with Gasteiger partial charge in [-0.05, 0) is 35.6 Å². The molecular formula is C23H23N3O2S. The average Bonchev–Trinajstić information content (AvgIpc) is 3.05. The van der Waals surface area contributed by atoms with Crippen molar-refractivity contribution in [3.05, 3.63) is 76.3 Å². The molecule has 0 aromatic heterocycles. The van der Waals surface area contributed by atoms with Crippen molar-refractivity contribution in [3.63, 3.8) is 0 Å². The summed E-state index contributed by atoms with van der Waals surface area (Å²) in [6.07, 6.45) is 0.529. The summed E-state index contributed by atoms with van der Waals surface area (Å²) < 4.78 is 0. The lowest BCUT2D eigenvalue weighted by atomic mass is 10.0. The van der Waals surface area contributed by atoms with Crippen LogP contribution in [0.15, 0.2) is 65.2 Å². The predicted octanol–water partition coefficient (Wildman–Crippen LogP) is 3.98. The fraction of sp³-hybridized carbons (Fsp3) is 0.261. The zero-order valence-corrected chi connectivity index (χ0v) is 17.5. The zero-order chi connectivity index (χ0) is 21.0. The van der Waals surface area contributed by atoms with Gasteiger partial charge in [-0.2, -0.15) is 5.26 Å². The molecular weight excluding hydrogens is 382 g/mol. The molecule has 5 nitrogen and oxygen atoms in total. The minimum absolute atomic E-state index is 0.0469. The number of amides is 2. The Hall–Kier alpha value is -3.04. The third-order valence-electron chi connectivity index (χ3n) is 4.81. The van der Waals surface area contributed by atoms with E-state index in [2.05, 4.69) is 19.2 Å². The largest absolute Gasteiger partial charge is 0.354 e. The predicted molar refractivity (Wildman–Crippen MR) is 116 cm³/mol. The van der Waals surface area contributed by atoms with Crippen LogP contribution >= 0.6 is 11.8 Å². The van der Waals surface area contributed by atoms with Gasteiger partial charge in [0.1, 0.15) is 16.7 Å². The molecule has 0 saturated carbocycles. The van der Waals surface area contributed by atoms with Crippen molar-refractivity contribution < 1.29 is 9.59 Å². The summed E-state index contributed by atoms with van der Waals surface area (Å²) in [6.45, 7) is 4.21. The second-order valence-electron chi connectivity index (χ2n) is 7.09. The molecule has 2 amide bonds. The molecule has 148 valence electrons. The first-order valence-electron chi connectivity index (χ1n) is 9.47. The quantitative estimate of drug-likeness (QED) is 0.603. The maximum atomic E-state index is 13.3. The van der Waals surface area contributed by atoms with Gasteiger partial charge in [0, 0.05) is 12.7 Å². The van der Waals surface area contributed by atoms with Gasteiger partial charge in [0.25, 0.3) is 5.91 Å². The highest BCUT2D eigenvalue weighted by atomic mass is 32.2. The fourth-order valence-corrected chi connectivity index (χ4v) is 4.49. The highest BCUT2D eigenvalue weighted by Gasteiger charge is 2.40. The van der Waals surface area contributed by atoms with Gasteiger partial charge in [-0.3, -0.25) is 14.5 Å². The van der Waals surface area contributed by atoms with Crippen molar-refractivity contribution in [1.29, 1.82) is 5.26 Å². The van der Waals surface area contributed by atoms with Gasteiger partial charge in [-0.25, -0.2) is 0 Å². The molecule has 1 unspecified atom stereocenters. The first kappa shape index (κ1) is 20.7. The molecule has 29 heavy (non-hydrogen) atoms. The number of thioether (sulfide) groups is 1. The monoisotopic (exact) mass is 405 g/mol. The smallest absolute Gasteiger partial charge is 0.264 e. The number of likely N-dealkylation sites (N-methyl/N-ethyl adjacent to an activating group) is 1. The molecule has 6 heteroatoms. The van der Waals surface area contributed by atoms with Crippen LogP contribution in [0.2, 0.25) is 0 Å². The molecule has 0 bridgehead atoms. The van der Waals surface area contributed by atoms with Crippen LogP contribution in [0.4, 0.5) is 5.69 Å². The van der Waals surface area contributed by atoms with Gasteiger partial charge >= 0.3 is 0 Å². The lowest BCUT2D eigenvalue weighted by Gasteiger charge is -2.19. The summed E-state index contributed by atoms with van der Waals surface area (Å²) in [6, 6.07) is 19.4. The van der Waals surface area contributed by atoms with Gasteiger partial charge in [0.05, 0.1) is 5.25 Å². The van der Waals surface area contributed by atoms with Crippen molar-refractivity contribution in [1.82, 2.24) is 5.32 Å². The lowest BCUT2D eigenvalue weighted by Crippen LogP contribution is -2.31. The first-order valence-corrected chi connectivity index (χ1v) is 10.3. The van der Waals surface area contributed by atoms with Crippen LogP contribution in [0.1, 0.15) is 30.9 Å². The van der Waals surface area contributed by atoms with Crippen LogP contribution in [0.25, 0.3) is 0 Å². The zero-order valence-electron chi connectivity index (χ0n) is 16.7. The molecule has 1 saturated heterocycles. The van der Waals surface area contributed by atoms with Crippen LogP contribution in [0, 0.1) is 11.3 Å². The van der Waals surface area contributed by atoms with E-state index in [1.54, 1.807) is 0 Å². The number of nitrogens with zero attached hydrogens (tertiary/aromatic N) is 2. The van der Waals surface area contributed by atoms with Gasteiger partial charge in [0.2, 0.25) is 5.91 Å². The highest BCUT2D eigenvalue weighted by molar-refractivity contribution is 8.05. The third kappa shape index (κ3) is 4.36. The van der Waals surface area contributed by atoms with Gasteiger partial charge in [-0.1, -0.05) is 68.1 Å². The highest BCUT2D eigenvalue weighted by Crippen LogP contribution is 2.42. The maximum absolute atomic E-state index is 13.3. The van der Waals surface area contributed by atoms with E-state index in [0.29, 0.717) is 23.1 Å². The van der Waals surface area contributed by atoms with Gasteiger partial charge in [0.15, 0.2) is 0 Å². The Labute approximate surface area is 175 Å². The summed E-state index contributed by atoms with van der Waals surface area (Å²) in [5, 5.41) is 12.1. The standard InChI is InChI=1S/C23H23N3O2S/c1-15(2)17-9-11-18(12-10-17)26-22(28)20(13-16-7-5-4-6-8-16)29-23(26)19(14-24)21(27)25-3/h4-12,15,20H,13H2,1-3H3,(H,25,27)/b23-19-. The van der Waals surface area contributed by atoms with Crippen molar-refractivity contribution in [2.24, 2.45) is 0 Å². The van der Waals surface area contributed by atoms with E-state index in [4.69, 9.17) is 0 Å². The average molecular weight is 406 g/mol. The first-order chi connectivity index (χ1) is 14.0. The van der Waals surface area contributed by atoms with Crippen LogP contribution in [-0.4, -0.2) is 24.1 Å². The molecule has 1 fully saturated rings.